The lowest BCUT2D eigenvalue weighted by molar-refractivity contribution is -0.127. The topological polar surface area (TPSA) is 56.1 Å². The Kier molecular flexibility index (Phi) is 4.57. The number of carbonyl (C=O) groups is 1. The Morgan fingerprint density at radius 1 is 1.14 bits per heavy atom. The van der Waals surface area contributed by atoms with Gasteiger partial charge in [-0.15, -0.1) is 0 Å². The third-order valence-corrected chi connectivity index (χ3v) is 3.09. The quantitative estimate of drug-likeness (QED) is 0.936. The predicted octanol–water partition coefficient (Wildman–Crippen LogP) is 2.93. The largest absolute Gasteiger partial charge is 0.355 e. The maximum atomic E-state index is 11.6. The molecule has 4 nitrogen and oxygen atoms in total. The monoisotopic (exact) mass is 279 g/mol. The molecule has 2 aromatic carbocycles. The molecule has 0 saturated carbocycles. The van der Waals surface area contributed by atoms with E-state index in [-0.39, 0.29) is 5.91 Å². The van der Waals surface area contributed by atoms with Gasteiger partial charge in [0.15, 0.2) is 0 Å². The Hall–Kier alpha value is -2.80. The van der Waals surface area contributed by atoms with Crippen molar-refractivity contribution in [2.45, 2.75) is 6.42 Å². The number of nitriles is 1. The van der Waals surface area contributed by atoms with Gasteiger partial charge in [-0.2, -0.15) is 5.26 Å². The second-order valence-corrected chi connectivity index (χ2v) is 4.98. The van der Waals surface area contributed by atoms with Gasteiger partial charge in [-0.3, -0.25) is 4.79 Å². The summed E-state index contributed by atoms with van der Waals surface area (Å²) >= 11 is 0. The van der Waals surface area contributed by atoms with Gasteiger partial charge in [0, 0.05) is 25.5 Å². The lowest BCUT2D eigenvalue weighted by Crippen LogP contribution is -2.23. The number of hydrogen-bond donors (Lipinski definition) is 1. The van der Waals surface area contributed by atoms with Crippen LogP contribution in [-0.4, -0.2) is 24.9 Å². The lowest BCUT2D eigenvalue weighted by Gasteiger charge is -2.11. The summed E-state index contributed by atoms with van der Waals surface area (Å²) in [6.45, 7) is 0. The number of hydrogen-bond acceptors (Lipinski definition) is 3. The van der Waals surface area contributed by atoms with Crippen LogP contribution < -0.4 is 5.32 Å². The third kappa shape index (κ3) is 4.08. The Morgan fingerprint density at radius 2 is 1.86 bits per heavy atom. The van der Waals surface area contributed by atoms with Crippen LogP contribution in [0.5, 0.6) is 0 Å². The van der Waals surface area contributed by atoms with Crippen molar-refractivity contribution in [3.8, 4) is 6.07 Å². The summed E-state index contributed by atoms with van der Waals surface area (Å²) in [6.07, 6.45) is 0.400. The zero-order valence-electron chi connectivity index (χ0n) is 12.1. The van der Waals surface area contributed by atoms with Crippen molar-refractivity contribution in [1.82, 2.24) is 4.90 Å². The molecule has 0 heterocycles. The van der Waals surface area contributed by atoms with Crippen LogP contribution in [-0.2, 0) is 11.2 Å². The van der Waals surface area contributed by atoms with Crippen molar-refractivity contribution < 1.29 is 4.79 Å². The first kappa shape index (κ1) is 14.6. The van der Waals surface area contributed by atoms with E-state index in [2.05, 4.69) is 11.4 Å². The summed E-state index contributed by atoms with van der Waals surface area (Å²) in [5.41, 5.74) is 3.38. The highest BCUT2D eigenvalue weighted by molar-refractivity contribution is 5.78. The Balaban J connectivity index is 2.05. The fourth-order valence-corrected chi connectivity index (χ4v) is 1.87. The SMILES string of the molecule is CN(C)C(=O)Cc1ccc(Nc2cccc(C#N)c2)cc1. The third-order valence-electron chi connectivity index (χ3n) is 3.09. The van der Waals surface area contributed by atoms with Gasteiger partial charge in [-0.05, 0) is 35.9 Å². The van der Waals surface area contributed by atoms with Crippen molar-refractivity contribution in [1.29, 1.82) is 5.26 Å². The van der Waals surface area contributed by atoms with Gasteiger partial charge in [0.05, 0.1) is 18.1 Å². The van der Waals surface area contributed by atoms with Crippen molar-refractivity contribution in [3.05, 3.63) is 59.7 Å². The maximum Gasteiger partial charge on any atom is 0.226 e. The molecular formula is C17H17N3O. The van der Waals surface area contributed by atoms with E-state index < -0.39 is 0 Å². The molecule has 0 atom stereocenters. The number of nitrogens with one attached hydrogen (secondary N) is 1. The van der Waals surface area contributed by atoms with E-state index in [0.717, 1.165) is 16.9 Å². The zero-order chi connectivity index (χ0) is 15.2. The molecule has 0 aromatic heterocycles. The van der Waals surface area contributed by atoms with Crippen molar-refractivity contribution in [3.63, 3.8) is 0 Å². The van der Waals surface area contributed by atoms with E-state index >= 15 is 0 Å². The summed E-state index contributed by atoms with van der Waals surface area (Å²) in [7, 11) is 3.50. The molecule has 106 valence electrons. The van der Waals surface area contributed by atoms with Crippen LogP contribution >= 0.6 is 0 Å². The number of rotatable bonds is 4. The van der Waals surface area contributed by atoms with Gasteiger partial charge in [0.25, 0.3) is 0 Å². The molecule has 2 aromatic rings. The van der Waals surface area contributed by atoms with Gasteiger partial charge in [-0.1, -0.05) is 18.2 Å². The van der Waals surface area contributed by atoms with Gasteiger partial charge in [0.2, 0.25) is 5.91 Å². The average molecular weight is 279 g/mol. The first-order valence-electron chi connectivity index (χ1n) is 6.65. The molecule has 1 N–H and O–H groups in total. The summed E-state index contributed by atoms with van der Waals surface area (Å²) in [6, 6.07) is 17.1. The Morgan fingerprint density at radius 3 is 2.48 bits per heavy atom. The molecule has 21 heavy (non-hydrogen) atoms. The van der Waals surface area contributed by atoms with Gasteiger partial charge < -0.3 is 10.2 Å². The maximum absolute atomic E-state index is 11.6. The van der Waals surface area contributed by atoms with Gasteiger partial charge in [-0.25, -0.2) is 0 Å². The van der Waals surface area contributed by atoms with E-state index in [0.29, 0.717) is 12.0 Å². The molecular weight excluding hydrogens is 262 g/mol. The van der Waals surface area contributed by atoms with E-state index in [1.165, 1.54) is 0 Å². The van der Waals surface area contributed by atoms with Crippen LogP contribution in [0.15, 0.2) is 48.5 Å². The summed E-state index contributed by atoms with van der Waals surface area (Å²) in [5, 5.41) is 12.1. The Labute approximate surface area is 124 Å². The van der Waals surface area contributed by atoms with Gasteiger partial charge >= 0.3 is 0 Å². The van der Waals surface area contributed by atoms with Crippen molar-refractivity contribution in [2.24, 2.45) is 0 Å². The predicted molar refractivity (Wildman–Crippen MR) is 83.3 cm³/mol. The minimum atomic E-state index is 0.0810. The summed E-state index contributed by atoms with van der Waals surface area (Å²) < 4.78 is 0. The molecule has 0 bridgehead atoms. The first-order valence-corrected chi connectivity index (χ1v) is 6.65. The lowest BCUT2D eigenvalue weighted by atomic mass is 10.1. The summed E-state index contributed by atoms with van der Waals surface area (Å²) in [5.74, 6) is 0.0810. The first-order chi connectivity index (χ1) is 10.1. The van der Waals surface area contributed by atoms with Crippen LogP contribution in [0.1, 0.15) is 11.1 Å². The number of likely N-dealkylation sites (N-methyl/N-ethyl adjacent to an activating group) is 1. The summed E-state index contributed by atoms with van der Waals surface area (Å²) in [4.78, 5) is 13.2. The molecule has 0 saturated heterocycles. The fraction of sp³-hybridized carbons (Fsp3) is 0.176. The van der Waals surface area contributed by atoms with E-state index in [1.54, 1.807) is 31.1 Å². The van der Waals surface area contributed by atoms with Crippen LogP contribution in [0.4, 0.5) is 11.4 Å². The molecule has 0 fully saturated rings. The molecule has 0 aliphatic heterocycles. The van der Waals surface area contributed by atoms with Crippen LogP contribution in [0, 0.1) is 11.3 Å². The van der Waals surface area contributed by atoms with Crippen molar-refractivity contribution in [2.75, 3.05) is 19.4 Å². The molecule has 0 aliphatic rings. The minimum Gasteiger partial charge on any atom is -0.355 e. The minimum absolute atomic E-state index is 0.0810. The number of anilines is 2. The molecule has 2 rings (SSSR count). The zero-order valence-corrected chi connectivity index (χ0v) is 12.1. The number of carbonyl (C=O) groups excluding carboxylic acids is 1. The number of benzene rings is 2. The van der Waals surface area contributed by atoms with Crippen LogP contribution in [0.25, 0.3) is 0 Å². The standard InChI is InChI=1S/C17H17N3O/c1-20(2)17(21)11-13-6-8-15(9-7-13)19-16-5-3-4-14(10-16)12-18/h3-10,19H,11H2,1-2H3. The van der Waals surface area contributed by atoms with Gasteiger partial charge in [0.1, 0.15) is 0 Å². The molecule has 0 spiro atoms. The van der Waals surface area contributed by atoms with E-state index in [4.69, 9.17) is 5.26 Å². The number of amides is 1. The molecule has 0 radical (unpaired) electrons. The number of nitrogens with zero attached hydrogens (tertiary/aromatic N) is 2. The average Bonchev–Trinajstić information content (AvgIpc) is 2.49. The highest BCUT2D eigenvalue weighted by Gasteiger charge is 2.05. The second-order valence-electron chi connectivity index (χ2n) is 4.98. The van der Waals surface area contributed by atoms with E-state index in [1.807, 2.05) is 36.4 Å². The normalized spacial score (nSPS) is 9.76. The van der Waals surface area contributed by atoms with Crippen LogP contribution in [0.3, 0.4) is 0 Å². The van der Waals surface area contributed by atoms with Crippen LogP contribution in [0.2, 0.25) is 0 Å². The smallest absolute Gasteiger partial charge is 0.226 e. The van der Waals surface area contributed by atoms with Crippen molar-refractivity contribution >= 4 is 17.3 Å². The highest BCUT2D eigenvalue weighted by atomic mass is 16.2. The molecule has 1 amide bonds. The molecule has 4 heteroatoms. The fourth-order valence-electron chi connectivity index (χ4n) is 1.87. The molecule has 0 unspecified atom stereocenters. The highest BCUT2D eigenvalue weighted by Crippen LogP contribution is 2.18. The Bertz CT molecular complexity index is 669. The second kappa shape index (κ2) is 6.58. The molecule has 0 aliphatic carbocycles. The van der Waals surface area contributed by atoms with E-state index in [9.17, 15) is 4.79 Å².